The van der Waals surface area contributed by atoms with Gasteiger partial charge in [-0.15, -0.1) is 0 Å². The number of aryl methyl sites for hydroxylation is 1. The number of likely N-dealkylation sites (tertiary alicyclic amines) is 1. The van der Waals surface area contributed by atoms with E-state index in [4.69, 9.17) is 0 Å². The van der Waals surface area contributed by atoms with Crippen LogP contribution in [0.15, 0.2) is 72.8 Å². The average Bonchev–Trinajstić information content (AvgIpc) is 3.65. The van der Waals surface area contributed by atoms with E-state index in [1.165, 1.54) is 12.8 Å². The number of aromatic amines is 1. The lowest BCUT2D eigenvalue weighted by molar-refractivity contribution is 0.0948. The fourth-order valence-electron chi connectivity index (χ4n) is 5.85. The molecule has 0 radical (unpaired) electrons. The minimum absolute atomic E-state index is 0.0613. The summed E-state index contributed by atoms with van der Waals surface area (Å²) >= 11 is 0. The van der Waals surface area contributed by atoms with E-state index in [1.807, 2.05) is 87.5 Å². The molecule has 1 aliphatic heterocycles. The van der Waals surface area contributed by atoms with E-state index in [-0.39, 0.29) is 18.5 Å². The Bertz CT molecular complexity index is 1670. The molecule has 0 spiro atoms. The minimum atomic E-state index is -0.255. The van der Waals surface area contributed by atoms with Crippen molar-refractivity contribution >= 4 is 46.2 Å². The lowest BCUT2D eigenvalue weighted by atomic mass is 10.0. The number of aliphatic hydroxyl groups excluding tert-OH is 1. The van der Waals surface area contributed by atoms with Crippen molar-refractivity contribution in [3.05, 3.63) is 106 Å². The number of H-pyrrole nitrogens is 1. The maximum atomic E-state index is 13.1. The van der Waals surface area contributed by atoms with E-state index < -0.39 is 0 Å². The number of amides is 2. The second kappa shape index (κ2) is 14.7. The molecule has 9 heteroatoms. The summed E-state index contributed by atoms with van der Waals surface area (Å²) in [6.45, 7) is 9.36. The second-order valence-electron chi connectivity index (χ2n) is 11.4. The molecule has 6 N–H and O–H groups in total. The summed E-state index contributed by atoms with van der Waals surface area (Å²) < 4.78 is 0. The molecule has 4 aromatic rings. The number of carbonyl (C=O) groups excluding carboxylic acids is 2. The van der Waals surface area contributed by atoms with Crippen LogP contribution in [0.2, 0.25) is 0 Å². The van der Waals surface area contributed by atoms with E-state index >= 15 is 0 Å². The highest BCUT2D eigenvalue weighted by Gasteiger charge is 2.19. The van der Waals surface area contributed by atoms with Gasteiger partial charge in [-0.2, -0.15) is 0 Å². The number of hydrogen-bond acceptors (Lipinski definition) is 6. The Labute approximate surface area is 264 Å². The van der Waals surface area contributed by atoms with Crippen molar-refractivity contribution in [2.45, 2.75) is 33.6 Å². The van der Waals surface area contributed by atoms with E-state index in [0.717, 1.165) is 64.8 Å². The Kier molecular flexibility index (Phi) is 10.3. The third kappa shape index (κ3) is 7.81. The summed E-state index contributed by atoms with van der Waals surface area (Å²) in [7, 11) is 0. The summed E-state index contributed by atoms with van der Waals surface area (Å²) in [5.41, 5.74) is 8.62. The SMILES string of the molecule is C/C(=C\c1[nH]c(C)c(C(=O)NCCN2CCCC2)c1C)c1cccc(Nc2cccc(NC(=O)c3ccccc3)c2)c1NCO. The van der Waals surface area contributed by atoms with Gasteiger partial charge in [-0.3, -0.25) is 9.59 Å². The van der Waals surface area contributed by atoms with Gasteiger partial charge in [0.1, 0.15) is 6.73 Å². The molecule has 1 saturated heterocycles. The van der Waals surface area contributed by atoms with Gasteiger partial charge in [-0.25, -0.2) is 0 Å². The van der Waals surface area contributed by atoms with Gasteiger partial charge >= 0.3 is 0 Å². The Hall–Kier alpha value is -4.86. The molecule has 3 aromatic carbocycles. The highest BCUT2D eigenvalue weighted by molar-refractivity contribution is 6.04. The summed E-state index contributed by atoms with van der Waals surface area (Å²) in [6.07, 6.45) is 4.50. The fourth-order valence-corrected chi connectivity index (χ4v) is 5.85. The molecule has 5 rings (SSSR count). The lowest BCUT2D eigenvalue weighted by Crippen LogP contribution is -2.33. The first-order valence-corrected chi connectivity index (χ1v) is 15.4. The van der Waals surface area contributed by atoms with Crippen LogP contribution in [0.1, 0.15) is 63.0 Å². The number of nitrogens with zero attached hydrogens (tertiary/aromatic N) is 1. The molecule has 0 aliphatic carbocycles. The van der Waals surface area contributed by atoms with Gasteiger partial charge in [0.2, 0.25) is 0 Å². The molecule has 2 amide bonds. The van der Waals surface area contributed by atoms with E-state index in [2.05, 4.69) is 31.2 Å². The topological polar surface area (TPSA) is 122 Å². The fraction of sp³-hybridized carbons (Fsp3) is 0.278. The largest absolute Gasteiger partial charge is 0.377 e. The molecule has 2 heterocycles. The van der Waals surface area contributed by atoms with E-state index in [1.54, 1.807) is 12.1 Å². The van der Waals surface area contributed by atoms with Crippen LogP contribution in [0.3, 0.4) is 0 Å². The van der Waals surface area contributed by atoms with Gasteiger partial charge in [0.05, 0.1) is 16.9 Å². The zero-order valence-electron chi connectivity index (χ0n) is 26.2. The number of rotatable bonds is 12. The maximum Gasteiger partial charge on any atom is 0.255 e. The van der Waals surface area contributed by atoms with Crippen LogP contribution in [0.5, 0.6) is 0 Å². The standard InChI is InChI=1S/C36H42N6O3/c1-24(21-32-25(2)33(26(3)39-32)36(45)37-17-20-42-18-7-8-19-42)30-15-10-16-31(34(30)38-23-43)40-28-13-9-14-29(22-28)41-35(44)27-11-5-4-6-12-27/h4-6,9-16,21-22,38-40,43H,7-8,17-20,23H2,1-3H3,(H,37,45)(H,41,44)/b24-21+. The van der Waals surface area contributed by atoms with Gasteiger partial charge in [0.15, 0.2) is 0 Å². The third-order valence-corrected chi connectivity index (χ3v) is 8.16. The minimum Gasteiger partial charge on any atom is -0.377 e. The van der Waals surface area contributed by atoms with Crippen molar-refractivity contribution in [1.29, 1.82) is 0 Å². The van der Waals surface area contributed by atoms with Crippen LogP contribution >= 0.6 is 0 Å². The molecule has 0 atom stereocenters. The van der Waals surface area contributed by atoms with Crippen LogP contribution in [0.4, 0.5) is 22.7 Å². The summed E-state index contributed by atoms with van der Waals surface area (Å²) in [5, 5.41) is 22.5. The first-order chi connectivity index (χ1) is 21.8. The van der Waals surface area contributed by atoms with Gasteiger partial charge in [-0.05, 0) is 100 Å². The summed E-state index contributed by atoms with van der Waals surface area (Å²) in [4.78, 5) is 31.6. The Morgan fingerprint density at radius 1 is 0.933 bits per heavy atom. The number of aliphatic hydroxyl groups is 1. The number of aromatic nitrogens is 1. The highest BCUT2D eigenvalue weighted by atomic mass is 16.3. The number of hydrogen-bond donors (Lipinski definition) is 6. The van der Waals surface area contributed by atoms with E-state index in [9.17, 15) is 14.7 Å². The normalized spacial score (nSPS) is 13.5. The van der Waals surface area contributed by atoms with Gasteiger partial charge < -0.3 is 36.3 Å². The van der Waals surface area contributed by atoms with Gasteiger partial charge in [0.25, 0.3) is 11.8 Å². The first kappa shape index (κ1) is 31.6. The van der Waals surface area contributed by atoms with Crippen LogP contribution < -0.4 is 21.3 Å². The Morgan fingerprint density at radius 2 is 1.67 bits per heavy atom. The average molecular weight is 607 g/mol. The predicted octanol–water partition coefficient (Wildman–Crippen LogP) is 6.38. The molecule has 9 nitrogen and oxygen atoms in total. The molecular formula is C36H42N6O3. The van der Waals surface area contributed by atoms with Crippen molar-refractivity contribution in [3.63, 3.8) is 0 Å². The van der Waals surface area contributed by atoms with Crippen LogP contribution in [0, 0.1) is 13.8 Å². The monoisotopic (exact) mass is 606 g/mol. The Morgan fingerprint density at radius 3 is 2.42 bits per heavy atom. The molecule has 1 aromatic heterocycles. The zero-order valence-corrected chi connectivity index (χ0v) is 26.2. The molecule has 1 aliphatic rings. The number of para-hydroxylation sites is 1. The first-order valence-electron chi connectivity index (χ1n) is 15.4. The van der Waals surface area contributed by atoms with Crippen molar-refractivity contribution < 1.29 is 14.7 Å². The quantitative estimate of drug-likeness (QED) is 0.104. The number of nitrogens with one attached hydrogen (secondary N) is 5. The third-order valence-electron chi connectivity index (χ3n) is 8.16. The summed E-state index contributed by atoms with van der Waals surface area (Å²) in [6, 6.07) is 22.4. The van der Waals surface area contributed by atoms with Crippen LogP contribution in [0.25, 0.3) is 11.6 Å². The number of allylic oxidation sites excluding steroid dienone is 1. The van der Waals surface area contributed by atoms with Crippen LogP contribution in [-0.2, 0) is 0 Å². The van der Waals surface area contributed by atoms with Crippen molar-refractivity contribution in [1.82, 2.24) is 15.2 Å². The number of anilines is 4. The molecule has 0 unspecified atom stereocenters. The van der Waals surface area contributed by atoms with Crippen molar-refractivity contribution in [3.8, 4) is 0 Å². The molecular weight excluding hydrogens is 564 g/mol. The Balaban J connectivity index is 1.34. The van der Waals surface area contributed by atoms with E-state index in [0.29, 0.717) is 23.4 Å². The van der Waals surface area contributed by atoms with Gasteiger partial charge in [0, 0.05) is 47.0 Å². The lowest BCUT2D eigenvalue weighted by Gasteiger charge is -2.18. The maximum absolute atomic E-state index is 13.1. The number of carbonyl (C=O) groups is 2. The smallest absolute Gasteiger partial charge is 0.255 e. The predicted molar refractivity (Wildman–Crippen MR) is 183 cm³/mol. The molecule has 0 bridgehead atoms. The highest BCUT2D eigenvalue weighted by Crippen LogP contribution is 2.35. The molecule has 1 fully saturated rings. The molecule has 45 heavy (non-hydrogen) atoms. The summed E-state index contributed by atoms with van der Waals surface area (Å²) in [5.74, 6) is -0.246. The van der Waals surface area contributed by atoms with Crippen molar-refractivity contribution in [2.75, 3.05) is 48.9 Å². The van der Waals surface area contributed by atoms with Crippen LogP contribution in [-0.4, -0.2) is 59.7 Å². The second-order valence-corrected chi connectivity index (χ2v) is 11.4. The van der Waals surface area contributed by atoms with Crippen molar-refractivity contribution in [2.24, 2.45) is 0 Å². The molecule has 0 saturated carbocycles. The molecule has 234 valence electrons. The number of benzene rings is 3. The zero-order chi connectivity index (χ0) is 31.8. The van der Waals surface area contributed by atoms with Gasteiger partial charge in [-0.1, -0.05) is 36.4 Å².